The molecule has 0 aromatic heterocycles. The molecule has 0 radical (unpaired) electrons. The van der Waals surface area contributed by atoms with Gasteiger partial charge in [-0.15, -0.1) is 0 Å². The largest absolute Gasteiger partial charge is 0.454 e. The van der Waals surface area contributed by atoms with Gasteiger partial charge in [0.1, 0.15) is 11.4 Å². The van der Waals surface area contributed by atoms with Crippen LogP contribution in [0.5, 0.6) is 11.5 Å². The lowest BCUT2D eigenvalue weighted by Gasteiger charge is -2.26. The molecule has 2 fully saturated rings. The van der Waals surface area contributed by atoms with Gasteiger partial charge in [-0.1, -0.05) is 43.3 Å². The Morgan fingerprint density at radius 1 is 0.930 bits per heavy atom. The van der Waals surface area contributed by atoms with Crippen LogP contribution < -0.4 is 14.8 Å². The van der Waals surface area contributed by atoms with Crippen LogP contribution in [0.25, 0.3) is 0 Å². The van der Waals surface area contributed by atoms with Crippen molar-refractivity contribution in [1.29, 1.82) is 0 Å². The third-order valence-electron chi connectivity index (χ3n) is 8.31. The molecule has 0 spiro atoms. The molecule has 0 saturated carbocycles. The molecule has 4 unspecified atom stereocenters. The summed E-state index contributed by atoms with van der Waals surface area (Å²) in [4.78, 5) is 55.5. The van der Waals surface area contributed by atoms with Gasteiger partial charge < -0.3 is 24.3 Å². The number of ether oxygens (including phenoxy) is 4. The summed E-state index contributed by atoms with van der Waals surface area (Å²) in [6, 6.07) is 14.1. The number of epoxide rings is 1. The van der Waals surface area contributed by atoms with E-state index in [9.17, 15) is 19.2 Å². The molecular formula is C33H40N2O8. The Bertz CT molecular complexity index is 1320. The molecule has 43 heavy (non-hydrogen) atoms. The molecule has 3 aliphatic heterocycles. The van der Waals surface area contributed by atoms with Crippen LogP contribution in [0.1, 0.15) is 37.8 Å². The normalized spacial score (nSPS) is 21.4. The summed E-state index contributed by atoms with van der Waals surface area (Å²) >= 11 is 0. The van der Waals surface area contributed by atoms with Crippen LogP contribution >= 0.6 is 0 Å². The molecule has 1 amide bonds. The predicted octanol–water partition coefficient (Wildman–Crippen LogP) is 2.55. The zero-order valence-corrected chi connectivity index (χ0v) is 24.8. The maximum Gasteiger partial charge on any atom is 0.231 e. The van der Waals surface area contributed by atoms with E-state index in [1.54, 1.807) is 26.0 Å². The average Bonchev–Trinajstić information content (AvgIpc) is 3.58. The molecule has 10 heteroatoms. The number of carbonyl (C=O) groups is 4. The predicted molar refractivity (Wildman–Crippen MR) is 157 cm³/mol. The van der Waals surface area contributed by atoms with Gasteiger partial charge in [0.2, 0.25) is 12.7 Å². The highest BCUT2D eigenvalue weighted by Crippen LogP contribution is 2.34. The Kier molecular flexibility index (Phi) is 9.90. The van der Waals surface area contributed by atoms with Gasteiger partial charge in [0.25, 0.3) is 0 Å². The number of nitrogens with zero attached hydrogens (tertiary/aromatic N) is 1. The molecule has 5 rings (SSSR count). The first kappa shape index (κ1) is 30.8. The Morgan fingerprint density at radius 3 is 2.37 bits per heavy atom. The van der Waals surface area contributed by atoms with Crippen molar-refractivity contribution in [2.45, 2.75) is 51.2 Å². The van der Waals surface area contributed by atoms with Crippen molar-refractivity contribution < 1.29 is 38.1 Å². The quantitative estimate of drug-likeness (QED) is 0.311. The van der Waals surface area contributed by atoms with E-state index in [-0.39, 0.29) is 55.9 Å². The Hall–Kier alpha value is -3.60. The molecule has 230 valence electrons. The van der Waals surface area contributed by atoms with Gasteiger partial charge in [-0.25, -0.2) is 0 Å². The summed E-state index contributed by atoms with van der Waals surface area (Å²) in [7, 11) is 0. The highest BCUT2D eigenvalue weighted by atomic mass is 16.7. The third kappa shape index (κ3) is 8.28. The highest BCUT2D eigenvalue weighted by Gasteiger charge is 2.50. The molecular weight excluding hydrogens is 552 g/mol. The number of nitrogens with one attached hydrogen (secondary N) is 1. The Balaban J connectivity index is 1.29. The van der Waals surface area contributed by atoms with E-state index in [4.69, 9.17) is 18.9 Å². The number of amides is 1. The fourth-order valence-electron chi connectivity index (χ4n) is 5.59. The van der Waals surface area contributed by atoms with E-state index in [0.717, 1.165) is 11.1 Å². The zero-order valence-electron chi connectivity index (χ0n) is 24.8. The van der Waals surface area contributed by atoms with Crippen LogP contribution in [0.2, 0.25) is 0 Å². The van der Waals surface area contributed by atoms with Crippen LogP contribution in [-0.4, -0.2) is 86.0 Å². The maximum atomic E-state index is 13.9. The van der Waals surface area contributed by atoms with Crippen molar-refractivity contribution in [3.05, 3.63) is 59.7 Å². The van der Waals surface area contributed by atoms with E-state index in [1.165, 1.54) is 0 Å². The number of hydrogen-bond acceptors (Lipinski definition) is 9. The SMILES string of the molecule is CC(CC(=O)CN1CCOCC1)C(=O)NC(Cc1ccc2c(c1)OCO2)C(=O)CC(Cc1ccccc1)C(=O)C1(C)CO1. The fourth-order valence-corrected chi connectivity index (χ4v) is 5.59. The summed E-state index contributed by atoms with van der Waals surface area (Å²) < 4.78 is 21.7. The minimum Gasteiger partial charge on any atom is -0.454 e. The summed E-state index contributed by atoms with van der Waals surface area (Å²) in [6.07, 6.45) is 0.614. The van der Waals surface area contributed by atoms with E-state index in [1.807, 2.05) is 41.3 Å². The highest BCUT2D eigenvalue weighted by molar-refractivity contribution is 5.97. The number of ketones is 3. The molecule has 1 N–H and O–H groups in total. The van der Waals surface area contributed by atoms with Crippen molar-refractivity contribution in [2.24, 2.45) is 11.8 Å². The second kappa shape index (κ2) is 13.8. The number of benzene rings is 2. The minimum atomic E-state index is -0.899. The van der Waals surface area contributed by atoms with Crippen LogP contribution in [0.3, 0.4) is 0 Å². The van der Waals surface area contributed by atoms with E-state index in [2.05, 4.69) is 5.32 Å². The number of morpholine rings is 1. The van der Waals surface area contributed by atoms with Crippen molar-refractivity contribution >= 4 is 23.3 Å². The lowest BCUT2D eigenvalue weighted by Crippen LogP contribution is -2.46. The van der Waals surface area contributed by atoms with E-state index in [0.29, 0.717) is 50.8 Å². The molecule has 2 saturated heterocycles. The number of rotatable bonds is 15. The summed E-state index contributed by atoms with van der Waals surface area (Å²) in [5.74, 6) is -0.807. The first-order chi connectivity index (χ1) is 20.7. The van der Waals surface area contributed by atoms with E-state index < -0.39 is 23.5 Å². The lowest BCUT2D eigenvalue weighted by atomic mass is 9.83. The van der Waals surface area contributed by atoms with Crippen LogP contribution in [0.4, 0.5) is 0 Å². The van der Waals surface area contributed by atoms with Gasteiger partial charge in [0.15, 0.2) is 23.1 Å². The summed E-state index contributed by atoms with van der Waals surface area (Å²) in [5, 5.41) is 2.92. The first-order valence-corrected chi connectivity index (χ1v) is 15.0. The molecule has 4 atom stereocenters. The fraction of sp³-hybridized carbons (Fsp3) is 0.515. The smallest absolute Gasteiger partial charge is 0.231 e. The van der Waals surface area contributed by atoms with Crippen molar-refractivity contribution in [3.8, 4) is 11.5 Å². The van der Waals surface area contributed by atoms with Gasteiger partial charge in [-0.3, -0.25) is 24.1 Å². The third-order valence-corrected chi connectivity index (χ3v) is 8.31. The molecule has 2 aromatic rings. The van der Waals surface area contributed by atoms with Gasteiger partial charge in [0.05, 0.1) is 32.4 Å². The van der Waals surface area contributed by atoms with Gasteiger partial charge in [-0.2, -0.15) is 0 Å². The summed E-state index contributed by atoms with van der Waals surface area (Å²) in [5.41, 5.74) is 0.842. The van der Waals surface area contributed by atoms with Crippen molar-refractivity contribution in [1.82, 2.24) is 10.2 Å². The van der Waals surface area contributed by atoms with Gasteiger partial charge >= 0.3 is 0 Å². The topological polar surface area (TPSA) is 124 Å². The average molecular weight is 593 g/mol. The number of carbonyl (C=O) groups excluding carboxylic acids is 4. The zero-order chi connectivity index (χ0) is 30.4. The second-order valence-electron chi connectivity index (χ2n) is 11.9. The second-order valence-corrected chi connectivity index (χ2v) is 11.9. The van der Waals surface area contributed by atoms with Crippen LogP contribution in [0, 0.1) is 11.8 Å². The lowest BCUT2D eigenvalue weighted by molar-refractivity contribution is -0.134. The molecule has 3 heterocycles. The van der Waals surface area contributed by atoms with E-state index >= 15 is 0 Å². The summed E-state index contributed by atoms with van der Waals surface area (Å²) in [6.45, 7) is 6.72. The maximum absolute atomic E-state index is 13.9. The number of fused-ring (bicyclic) bond motifs is 1. The minimum absolute atomic E-state index is 0.0330. The number of Topliss-reactive ketones (excluding diaryl/α,β-unsaturated/α-hetero) is 3. The molecule has 0 bridgehead atoms. The number of hydrogen-bond donors (Lipinski definition) is 1. The molecule has 0 aliphatic carbocycles. The van der Waals surface area contributed by atoms with Crippen molar-refractivity contribution in [2.75, 3.05) is 46.2 Å². The van der Waals surface area contributed by atoms with Gasteiger partial charge in [-0.05, 0) is 43.0 Å². The first-order valence-electron chi connectivity index (χ1n) is 15.0. The molecule has 3 aliphatic rings. The van der Waals surface area contributed by atoms with Gasteiger partial charge in [0, 0.05) is 37.8 Å². The molecule has 2 aromatic carbocycles. The Morgan fingerprint density at radius 2 is 1.65 bits per heavy atom. The Labute approximate surface area is 252 Å². The van der Waals surface area contributed by atoms with Crippen LogP contribution in [0.15, 0.2) is 48.5 Å². The monoisotopic (exact) mass is 592 g/mol. The van der Waals surface area contributed by atoms with Crippen LogP contribution in [-0.2, 0) is 41.5 Å². The van der Waals surface area contributed by atoms with Crippen molar-refractivity contribution in [3.63, 3.8) is 0 Å². The standard InChI is InChI=1S/C33H40N2O8/c1-22(14-26(36)19-35-10-12-40-13-11-35)32(39)34-27(16-24-8-9-29-30(17-24)42-21-41-29)28(37)18-25(31(38)33(2)20-43-33)15-23-6-4-3-5-7-23/h3-9,17,22,25,27H,10-16,18-21H2,1-2H3,(H,34,39). The molecule has 10 nitrogen and oxygen atoms in total.